The van der Waals surface area contributed by atoms with Crippen LogP contribution in [0.2, 0.25) is 0 Å². The fourth-order valence-corrected chi connectivity index (χ4v) is 7.19. The lowest BCUT2D eigenvalue weighted by Crippen LogP contribution is -2.00. The van der Waals surface area contributed by atoms with Crippen LogP contribution >= 0.6 is 0 Å². The Bertz CT molecular complexity index is 2580. The van der Waals surface area contributed by atoms with Gasteiger partial charge in [0.25, 0.3) is 0 Å². The molecule has 8 nitrogen and oxygen atoms in total. The van der Waals surface area contributed by atoms with Gasteiger partial charge in [-0.25, -0.2) is 0 Å². The third-order valence-electron chi connectivity index (χ3n) is 9.41. The second kappa shape index (κ2) is 11.3. The maximum atomic E-state index is 4.47. The van der Waals surface area contributed by atoms with Crippen LogP contribution in [0, 0.1) is 0 Å². The van der Waals surface area contributed by atoms with Gasteiger partial charge in [0.15, 0.2) is 0 Å². The van der Waals surface area contributed by atoms with Crippen molar-refractivity contribution in [3.8, 4) is 44.8 Å². The minimum atomic E-state index is 1.02. The summed E-state index contributed by atoms with van der Waals surface area (Å²) in [5.41, 5.74) is 12.6. The molecule has 8 heteroatoms. The molecule has 0 aliphatic rings. The van der Waals surface area contributed by atoms with Crippen molar-refractivity contribution < 1.29 is 0 Å². The number of hydrogen-bond acceptors (Lipinski definition) is 6. The van der Waals surface area contributed by atoms with Gasteiger partial charge in [0.05, 0.1) is 22.1 Å². The summed E-state index contributed by atoms with van der Waals surface area (Å²) in [6, 6.07) is 30.0. The zero-order valence-electron chi connectivity index (χ0n) is 26.6. The van der Waals surface area contributed by atoms with E-state index in [4.69, 9.17) is 0 Å². The van der Waals surface area contributed by atoms with Crippen molar-refractivity contribution in [2.75, 3.05) is 0 Å². The molecule has 0 N–H and O–H groups in total. The number of fused-ring (bicyclic) bond motifs is 6. The number of hydrogen-bond donors (Lipinski definition) is 0. The standard InChI is InChI=1S/C42H26N8/c1-3-27(21-43-9-1)29-15-30(28-4-2-10-44-22-28)17-31(16-29)32-18-33(49-39-5-11-45-23-35(39)36-24-46-12-6-40(36)49)20-34(19-32)50-41-7-13-47-25-37(41)38-26-48-14-8-42(38)50/h1-26H. The van der Waals surface area contributed by atoms with E-state index in [0.717, 1.165) is 88.4 Å². The molecule has 10 aromatic rings. The van der Waals surface area contributed by atoms with Crippen LogP contribution in [0.1, 0.15) is 0 Å². The molecule has 10 rings (SSSR count). The van der Waals surface area contributed by atoms with Gasteiger partial charge in [-0.2, -0.15) is 0 Å². The SMILES string of the molecule is c1cncc(-c2cc(-c3cccnc3)cc(-c3cc(-n4c5ccncc5c5cnccc54)cc(-n4c5ccncc5c5cnccc54)c3)c2)c1. The van der Waals surface area contributed by atoms with Crippen LogP contribution in [0.3, 0.4) is 0 Å². The lowest BCUT2D eigenvalue weighted by molar-refractivity contribution is 1.13. The van der Waals surface area contributed by atoms with Crippen LogP contribution in [-0.4, -0.2) is 39.0 Å². The summed E-state index contributed by atoms with van der Waals surface area (Å²) >= 11 is 0. The highest BCUT2D eigenvalue weighted by atomic mass is 15.0. The van der Waals surface area contributed by atoms with E-state index in [2.05, 4.69) is 112 Å². The van der Waals surface area contributed by atoms with E-state index >= 15 is 0 Å². The molecule has 0 amide bonds. The topological polar surface area (TPSA) is 87.2 Å². The number of benzene rings is 2. The Balaban J connectivity index is 1.31. The highest BCUT2D eigenvalue weighted by molar-refractivity contribution is 6.10. The zero-order chi connectivity index (χ0) is 33.0. The molecule has 0 atom stereocenters. The predicted molar refractivity (Wildman–Crippen MR) is 198 cm³/mol. The van der Waals surface area contributed by atoms with E-state index in [0.29, 0.717) is 0 Å². The van der Waals surface area contributed by atoms with Crippen LogP contribution in [0.15, 0.2) is 159 Å². The third-order valence-corrected chi connectivity index (χ3v) is 9.41. The number of nitrogens with zero attached hydrogens (tertiary/aromatic N) is 8. The fraction of sp³-hybridized carbons (Fsp3) is 0. The van der Waals surface area contributed by atoms with Crippen molar-refractivity contribution in [2.24, 2.45) is 0 Å². The molecule has 0 aliphatic carbocycles. The average molecular weight is 643 g/mol. The predicted octanol–water partition coefficient (Wildman–Crippen LogP) is 9.25. The van der Waals surface area contributed by atoms with Gasteiger partial charge in [0.2, 0.25) is 0 Å². The Morgan fingerprint density at radius 3 is 1.00 bits per heavy atom. The Morgan fingerprint density at radius 1 is 0.300 bits per heavy atom. The Morgan fingerprint density at radius 2 is 0.640 bits per heavy atom. The summed E-state index contributed by atoms with van der Waals surface area (Å²) in [6.07, 6.45) is 22.5. The first-order valence-electron chi connectivity index (χ1n) is 16.3. The molecule has 50 heavy (non-hydrogen) atoms. The van der Waals surface area contributed by atoms with Crippen LogP contribution < -0.4 is 0 Å². The van der Waals surface area contributed by atoms with Gasteiger partial charge in [-0.1, -0.05) is 12.1 Å². The maximum absolute atomic E-state index is 4.47. The summed E-state index contributed by atoms with van der Waals surface area (Å²) in [5, 5.41) is 4.20. The van der Waals surface area contributed by atoms with Crippen molar-refractivity contribution in [3.63, 3.8) is 0 Å². The minimum Gasteiger partial charge on any atom is -0.309 e. The summed E-state index contributed by atoms with van der Waals surface area (Å²) in [7, 11) is 0. The molecule has 0 saturated heterocycles. The zero-order valence-corrected chi connectivity index (χ0v) is 26.6. The Labute approximate surface area is 286 Å². The molecular formula is C42H26N8. The number of aromatic nitrogens is 8. The first kappa shape index (κ1) is 28.0. The highest BCUT2D eigenvalue weighted by Gasteiger charge is 2.18. The summed E-state index contributed by atoms with van der Waals surface area (Å²) in [5.74, 6) is 0. The smallest absolute Gasteiger partial charge is 0.0572 e. The van der Waals surface area contributed by atoms with Crippen molar-refractivity contribution >= 4 is 43.6 Å². The molecule has 0 bridgehead atoms. The minimum absolute atomic E-state index is 1.02. The molecule has 8 heterocycles. The maximum Gasteiger partial charge on any atom is 0.0572 e. The summed E-state index contributed by atoms with van der Waals surface area (Å²) in [6.45, 7) is 0. The second-order valence-corrected chi connectivity index (χ2v) is 12.3. The van der Waals surface area contributed by atoms with Crippen molar-refractivity contribution in [2.45, 2.75) is 0 Å². The normalized spacial score (nSPS) is 11.6. The van der Waals surface area contributed by atoms with Crippen LogP contribution in [-0.2, 0) is 0 Å². The molecule has 0 saturated carbocycles. The van der Waals surface area contributed by atoms with Gasteiger partial charge in [0, 0.05) is 118 Å². The number of pyridine rings is 6. The van der Waals surface area contributed by atoms with E-state index in [1.165, 1.54) is 0 Å². The highest BCUT2D eigenvalue weighted by Crippen LogP contribution is 2.39. The Kier molecular flexibility index (Phi) is 6.32. The van der Waals surface area contributed by atoms with E-state index in [1.54, 1.807) is 12.4 Å². The largest absolute Gasteiger partial charge is 0.309 e. The van der Waals surface area contributed by atoms with Crippen molar-refractivity contribution in [3.05, 3.63) is 159 Å². The van der Waals surface area contributed by atoms with E-state index < -0.39 is 0 Å². The van der Waals surface area contributed by atoms with Gasteiger partial charge in [-0.15, -0.1) is 0 Å². The first-order chi connectivity index (χ1) is 24.8. The quantitative estimate of drug-likeness (QED) is 0.186. The molecule has 0 radical (unpaired) electrons. The first-order valence-corrected chi connectivity index (χ1v) is 16.3. The van der Waals surface area contributed by atoms with Crippen molar-refractivity contribution in [1.29, 1.82) is 0 Å². The summed E-state index contributed by atoms with van der Waals surface area (Å²) < 4.78 is 4.62. The second-order valence-electron chi connectivity index (χ2n) is 12.3. The molecule has 234 valence electrons. The van der Waals surface area contributed by atoms with E-state index in [-0.39, 0.29) is 0 Å². The molecule has 0 aliphatic heterocycles. The fourth-order valence-electron chi connectivity index (χ4n) is 7.19. The van der Waals surface area contributed by atoms with E-state index in [1.807, 2.05) is 74.1 Å². The number of rotatable bonds is 5. The molecule has 2 aromatic carbocycles. The van der Waals surface area contributed by atoms with Crippen LogP contribution in [0.5, 0.6) is 0 Å². The lowest BCUT2D eigenvalue weighted by atomic mass is 9.94. The molecular weight excluding hydrogens is 617 g/mol. The van der Waals surface area contributed by atoms with Gasteiger partial charge in [0.1, 0.15) is 0 Å². The van der Waals surface area contributed by atoms with E-state index in [9.17, 15) is 0 Å². The van der Waals surface area contributed by atoms with Gasteiger partial charge in [-0.05, 0) is 95.1 Å². The lowest BCUT2D eigenvalue weighted by Gasteiger charge is -2.17. The summed E-state index contributed by atoms with van der Waals surface area (Å²) in [4.78, 5) is 26.8. The van der Waals surface area contributed by atoms with Gasteiger partial charge in [-0.3, -0.25) is 29.9 Å². The van der Waals surface area contributed by atoms with Crippen molar-refractivity contribution in [1.82, 2.24) is 39.0 Å². The average Bonchev–Trinajstić information content (AvgIpc) is 3.71. The molecule has 0 fully saturated rings. The van der Waals surface area contributed by atoms with Crippen LogP contribution in [0.25, 0.3) is 88.4 Å². The monoisotopic (exact) mass is 642 g/mol. The van der Waals surface area contributed by atoms with Gasteiger partial charge < -0.3 is 9.13 Å². The molecule has 8 aromatic heterocycles. The third kappa shape index (κ3) is 4.47. The molecule has 0 unspecified atom stereocenters. The van der Waals surface area contributed by atoms with Gasteiger partial charge >= 0.3 is 0 Å². The van der Waals surface area contributed by atoms with Crippen LogP contribution in [0.4, 0.5) is 0 Å². The molecule has 0 spiro atoms. The Hall–Kier alpha value is -7.06.